The summed E-state index contributed by atoms with van der Waals surface area (Å²) in [7, 11) is 0. The first-order valence-electron chi connectivity index (χ1n) is 8.73. The number of fused-ring (bicyclic) bond motifs is 4. The minimum absolute atomic E-state index is 0.0116. The molecule has 3 rings (SSSR count). The van der Waals surface area contributed by atoms with Gasteiger partial charge in [0.25, 0.3) is 5.56 Å². The van der Waals surface area contributed by atoms with Crippen LogP contribution < -0.4 is 21.9 Å². The number of rotatable bonds is 5. The van der Waals surface area contributed by atoms with Crippen LogP contribution in [0.15, 0.2) is 23.0 Å². The standard InChI is InChI=1S/C17H23N5O4/c18-8-14(23)19-9-15(24)20-10-17(26)21-5-4-12-7-13(21)6-11-2-1-3-16(25)22(11)12/h1-3,12-13H,4-10,18H2,(H,19,23)(H,20,24). The molecule has 140 valence electrons. The number of amides is 3. The number of nitrogens with one attached hydrogen (secondary N) is 2. The van der Waals surface area contributed by atoms with E-state index in [1.165, 1.54) is 0 Å². The van der Waals surface area contributed by atoms with E-state index in [1.54, 1.807) is 17.0 Å². The van der Waals surface area contributed by atoms with Gasteiger partial charge in [-0.2, -0.15) is 0 Å². The molecule has 2 bridgehead atoms. The van der Waals surface area contributed by atoms with Crippen LogP contribution in [0.3, 0.4) is 0 Å². The molecule has 1 aromatic rings. The molecule has 3 heterocycles. The van der Waals surface area contributed by atoms with Crippen LogP contribution in [0, 0.1) is 0 Å². The van der Waals surface area contributed by atoms with Gasteiger partial charge in [0.05, 0.1) is 19.6 Å². The lowest BCUT2D eigenvalue weighted by Crippen LogP contribution is -2.54. The van der Waals surface area contributed by atoms with Crippen molar-refractivity contribution in [3.8, 4) is 0 Å². The summed E-state index contributed by atoms with van der Waals surface area (Å²) in [5.74, 6) is -1.01. The highest BCUT2D eigenvalue weighted by Gasteiger charge is 2.37. The zero-order chi connectivity index (χ0) is 18.7. The van der Waals surface area contributed by atoms with Crippen LogP contribution in [0.4, 0.5) is 0 Å². The van der Waals surface area contributed by atoms with Gasteiger partial charge in [-0.25, -0.2) is 0 Å². The van der Waals surface area contributed by atoms with E-state index in [0.717, 1.165) is 18.5 Å². The van der Waals surface area contributed by atoms with Gasteiger partial charge in [-0.3, -0.25) is 19.2 Å². The largest absolute Gasteiger partial charge is 0.346 e. The van der Waals surface area contributed by atoms with Gasteiger partial charge < -0.3 is 25.8 Å². The Hall–Kier alpha value is -2.68. The summed E-state index contributed by atoms with van der Waals surface area (Å²) in [4.78, 5) is 49.1. The van der Waals surface area contributed by atoms with Crippen molar-refractivity contribution in [3.63, 3.8) is 0 Å². The monoisotopic (exact) mass is 361 g/mol. The van der Waals surface area contributed by atoms with E-state index in [2.05, 4.69) is 10.6 Å². The molecule has 9 nitrogen and oxygen atoms in total. The summed E-state index contributed by atoms with van der Waals surface area (Å²) >= 11 is 0. The number of nitrogens with zero attached hydrogens (tertiary/aromatic N) is 2. The van der Waals surface area contributed by atoms with Gasteiger partial charge in [0, 0.05) is 36.8 Å². The number of pyridine rings is 1. The first kappa shape index (κ1) is 18.1. The summed E-state index contributed by atoms with van der Waals surface area (Å²) in [6.07, 6.45) is 2.11. The van der Waals surface area contributed by atoms with Gasteiger partial charge in [-0.15, -0.1) is 0 Å². The molecular formula is C17H23N5O4. The van der Waals surface area contributed by atoms with Gasteiger partial charge in [-0.1, -0.05) is 6.07 Å². The molecule has 26 heavy (non-hydrogen) atoms. The Morgan fingerprint density at radius 3 is 2.65 bits per heavy atom. The number of hydrogen-bond donors (Lipinski definition) is 3. The van der Waals surface area contributed by atoms with Gasteiger partial charge >= 0.3 is 0 Å². The Kier molecular flexibility index (Phi) is 5.36. The van der Waals surface area contributed by atoms with E-state index >= 15 is 0 Å². The van der Waals surface area contributed by atoms with Crippen LogP contribution in [0.1, 0.15) is 24.6 Å². The third kappa shape index (κ3) is 3.77. The highest BCUT2D eigenvalue weighted by Crippen LogP contribution is 2.33. The molecule has 3 amide bonds. The molecule has 1 saturated heterocycles. The molecule has 4 N–H and O–H groups in total. The molecule has 2 atom stereocenters. The van der Waals surface area contributed by atoms with E-state index in [1.807, 2.05) is 10.6 Å². The van der Waals surface area contributed by atoms with Gasteiger partial charge in [-0.05, 0) is 18.9 Å². The molecule has 0 aromatic carbocycles. The molecule has 2 aliphatic rings. The van der Waals surface area contributed by atoms with E-state index in [-0.39, 0.29) is 43.2 Å². The minimum Gasteiger partial charge on any atom is -0.346 e. The number of carbonyl (C=O) groups excluding carboxylic acids is 3. The van der Waals surface area contributed by atoms with Crippen LogP contribution in [-0.4, -0.2) is 59.4 Å². The second kappa shape index (κ2) is 7.69. The van der Waals surface area contributed by atoms with E-state index < -0.39 is 11.8 Å². The summed E-state index contributed by atoms with van der Waals surface area (Å²) in [5.41, 5.74) is 6.10. The Morgan fingerprint density at radius 2 is 1.88 bits per heavy atom. The lowest BCUT2D eigenvalue weighted by Gasteiger charge is -2.44. The molecule has 0 spiro atoms. The third-order valence-corrected chi connectivity index (χ3v) is 4.96. The first-order chi connectivity index (χ1) is 12.5. The fourth-order valence-corrected chi connectivity index (χ4v) is 3.74. The molecular weight excluding hydrogens is 338 g/mol. The average Bonchev–Trinajstić information content (AvgIpc) is 2.64. The van der Waals surface area contributed by atoms with Crippen molar-refractivity contribution in [2.24, 2.45) is 5.73 Å². The quantitative estimate of drug-likeness (QED) is 0.566. The van der Waals surface area contributed by atoms with Crippen LogP contribution in [0.2, 0.25) is 0 Å². The number of likely N-dealkylation sites (tertiary alicyclic amines) is 1. The number of nitrogens with two attached hydrogens (primary N) is 1. The molecule has 2 unspecified atom stereocenters. The predicted octanol–water partition coefficient (Wildman–Crippen LogP) is -1.87. The Morgan fingerprint density at radius 1 is 1.12 bits per heavy atom. The van der Waals surface area contributed by atoms with Crippen molar-refractivity contribution in [1.82, 2.24) is 20.1 Å². The second-order valence-electron chi connectivity index (χ2n) is 6.61. The Balaban J connectivity index is 1.56. The van der Waals surface area contributed by atoms with Gasteiger partial charge in [0.1, 0.15) is 0 Å². The molecule has 0 radical (unpaired) electrons. The normalized spacial score (nSPS) is 20.9. The lowest BCUT2D eigenvalue weighted by atomic mass is 9.89. The van der Waals surface area contributed by atoms with Crippen molar-refractivity contribution in [3.05, 3.63) is 34.2 Å². The fraction of sp³-hybridized carbons (Fsp3) is 0.529. The number of piperidine rings is 1. The van der Waals surface area contributed by atoms with Gasteiger partial charge in [0.2, 0.25) is 17.7 Å². The molecule has 0 aliphatic carbocycles. The summed E-state index contributed by atoms with van der Waals surface area (Å²) in [5, 5.41) is 4.87. The summed E-state index contributed by atoms with van der Waals surface area (Å²) in [6.45, 7) is 0.0628. The predicted molar refractivity (Wildman–Crippen MR) is 93.3 cm³/mol. The topological polar surface area (TPSA) is 127 Å². The Bertz CT molecular complexity index is 775. The number of aromatic nitrogens is 1. The SMILES string of the molecule is NCC(=O)NCC(=O)NCC(=O)N1CCC2CC1Cc1cccc(=O)n12. The molecule has 2 aliphatic heterocycles. The summed E-state index contributed by atoms with van der Waals surface area (Å²) < 4.78 is 1.85. The second-order valence-corrected chi connectivity index (χ2v) is 6.61. The zero-order valence-electron chi connectivity index (χ0n) is 14.4. The minimum atomic E-state index is -0.435. The highest BCUT2D eigenvalue weighted by molar-refractivity contribution is 5.88. The molecule has 9 heteroatoms. The van der Waals surface area contributed by atoms with Crippen molar-refractivity contribution in [1.29, 1.82) is 0 Å². The first-order valence-corrected chi connectivity index (χ1v) is 8.73. The maximum absolute atomic E-state index is 12.5. The van der Waals surface area contributed by atoms with E-state index in [4.69, 9.17) is 5.73 Å². The number of carbonyl (C=O) groups is 3. The fourth-order valence-electron chi connectivity index (χ4n) is 3.74. The Labute approximate surface area is 150 Å². The third-order valence-electron chi connectivity index (χ3n) is 4.96. The van der Waals surface area contributed by atoms with Crippen molar-refractivity contribution >= 4 is 17.7 Å². The molecule has 0 saturated carbocycles. The lowest BCUT2D eigenvalue weighted by molar-refractivity contribution is -0.137. The smallest absolute Gasteiger partial charge is 0.250 e. The van der Waals surface area contributed by atoms with E-state index in [9.17, 15) is 19.2 Å². The van der Waals surface area contributed by atoms with Crippen molar-refractivity contribution < 1.29 is 14.4 Å². The zero-order valence-corrected chi connectivity index (χ0v) is 14.4. The van der Waals surface area contributed by atoms with E-state index in [0.29, 0.717) is 13.0 Å². The highest BCUT2D eigenvalue weighted by atomic mass is 16.2. The van der Waals surface area contributed by atoms with Crippen LogP contribution in [0.5, 0.6) is 0 Å². The van der Waals surface area contributed by atoms with Crippen LogP contribution >= 0.6 is 0 Å². The maximum atomic E-state index is 12.5. The molecule has 1 aromatic heterocycles. The van der Waals surface area contributed by atoms with Crippen molar-refractivity contribution in [2.45, 2.75) is 31.3 Å². The number of hydrogen-bond acceptors (Lipinski definition) is 5. The molecule has 1 fully saturated rings. The average molecular weight is 361 g/mol. The van der Waals surface area contributed by atoms with Gasteiger partial charge in [0.15, 0.2) is 0 Å². The van der Waals surface area contributed by atoms with Crippen molar-refractivity contribution in [2.75, 3.05) is 26.2 Å². The van der Waals surface area contributed by atoms with Crippen LogP contribution in [-0.2, 0) is 20.8 Å². The summed E-state index contributed by atoms with van der Waals surface area (Å²) in [6, 6.07) is 5.41. The maximum Gasteiger partial charge on any atom is 0.250 e. The van der Waals surface area contributed by atoms with Crippen LogP contribution in [0.25, 0.3) is 0 Å².